The quantitative estimate of drug-likeness (QED) is 0.222. The summed E-state index contributed by atoms with van der Waals surface area (Å²) in [7, 11) is 4.59. The van der Waals surface area contributed by atoms with Crippen LogP contribution >= 0.6 is 0 Å². The van der Waals surface area contributed by atoms with Gasteiger partial charge in [0.2, 0.25) is 0 Å². The number of ketones is 3. The minimum Gasteiger partial charge on any atom is -0.497 e. The molecule has 0 radical (unpaired) electrons. The molecule has 1 saturated heterocycles. The Balaban J connectivity index is 1.57. The van der Waals surface area contributed by atoms with Crippen molar-refractivity contribution in [3.8, 4) is 17.2 Å². The minimum atomic E-state index is -1.72. The molecule has 1 unspecified atom stereocenters. The van der Waals surface area contributed by atoms with E-state index in [1.165, 1.54) is 14.2 Å². The Morgan fingerprint density at radius 1 is 0.744 bits per heavy atom. The van der Waals surface area contributed by atoms with Gasteiger partial charge < -0.3 is 14.2 Å². The predicted octanol–water partition coefficient (Wildman–Crippen LogP) is 5.52. The van der Waals surface area contributed by atoms with Crippen molar-refractivity contribution in [3.05, 3.63) is 124 Å². The number of benzene rings is 4. The van der Waals surface area contributed by atoms with Gasteiger partial charge in [-0.25, -0.2) is 0 Å². The number of hydrazone groups is 1. The number of para-hydroxylation sites is 1. The Hall–Kier alpha value is -5.24. The van der Waals surface area contributed by atoms with Gasteiger partial charge in [0.25, 0.3) is 0 Å². The van der Waals surface area contributed by atoms with Gasteiger partial charge in [0.1, 0.15) is 17.2 Å². The Bertz CT molecular complexity index is 1790. The van der Waals surface area contributed by atoms with E-state index >= 15 is 0 Å². The highest BCUT2D eigenvalue weighted by Crippen LogP contribution is 2.66. The van der Waals surface area contributed by atoms with Crippen molar-refractivity contribution < 1.29 is 28.6 Å². The van der Waals surface area contributed by atoms with Crippen molar-refractivity contribution >= 4 is 23.6 Å². The molecule has 8 nitrogen and oxygen atoms in total. The first-order valence-corrected chi connectivity index (χ1v) is 14.0. The molecule has 3 aliphatic rings. The summed E-state index contributed by atoms with van der Waals surface area (Å²) in [6.07, 6.45) is 1.69. The predicted molar refractivity (Wildman–Crippen MR) is 160 cm³/mol. The zero-order valence-corrected chi connectivity index (χ0v) is 23.8. The van der Waals surface area contributed by atoms with E-state index in [0.717, 1.165) is 11.1 Å². The molecule has 0 aromatic heterocycles. The lowest BCUT2D eigenvalue weighted by Gasteiger charge is -2.36. The van der Waals surface area contributed by atoms with Crippen LogP contribution in [-0.2, 0) is 0 Å². The molecule has 2 heterocycles. The summed E-state index contributed by atoms with van der Waals surface area (Å²) in [6, 6.07) is 24.7. The van der Waals surface area contributed by atoms with Crippen LogP contribution in [0.15, 0.2) is 96.1 Å². The number of Topliss-reactive ketones (excluding diaryl/α,β-unsaturated/α-hetero) is 3. The lowest BCUT2D eigenvalue weighted by atomic mass is 9.62. The maximum absolute atomic E-state index is 14.9. The molecule has 3 atom stereocenters. The summed E-state index contributed by atoms with van der Waals surface area (Å²) in [5.41, 5.74) is 1.41. The molecule has 0 amide bonds. The highest BCUT2D eigenvalue weighted by molar-refractivity contribution is 6.31. The first-order chi connectivity index (χ1) is 21.0. The van der Waals surface area contributed by atoms with E-state index in [0.29, 0.717) is 39.5 Å². The molecule has 1 aliphatic carbocycles. The number of fused-ring (bicyclic) bond motifs is 5. The summed E-state index contributed by atoms with van der Waals surface area (Å²) in [5.74, 6) is -0.555. The van der Waals surface area contributed by atoms with Crippen LogP contribution in [0.4, 0.5) is 0 Å². The van der Waals surface area contributed by atoms with E-state index in [1.807, 2.05) is 24.3 Å². The number of ether oxygens (including phenoxy) is 3. The third-order valence-corrected chi connectivity index (χ3v) is 8.99. The van der Waals surface area contributed by atoms with Gasteiger partial charge in [0, 0.05) is 28.2 Å². The smallest absolute Gasteiger partial charge is 0.187 e. The van der Waals surface area contributed by atoms with Crippen LogP contribution in [-0.4, -0.2) is 55.9 Å². The van der Waals surface area contributed by atoms with Crippen molar-refractivity contribution in [3.63, 3.8) is 0 Å². The number of hydrogen-bond donors (Lipinski definition) is 0. The Morgan fingerprint density at radius 2 is 1.40 bits per heavy atom. The van der Waals surface area contributed by atoms with Crippen molar-refractivity contribution in [2.24, 2.45) is 10.5 Å². The van der Waals surface area contributed by atoms with Gasteiger partial charge in [0.15, 0.2) is 28.8 Å². The molecule has 0 N–H and O–H groups in total. The zero-order valence-electron chi connectivity index (χ0n) is 23.8. The number of hydrogen-bond acceptors (Lipinski definition) is 8. The fourth-order valence-corrected chi connectivity index (χ4v) is 7.20. The Kier molecular flexibility index (Phi) is 6.16. The molecule has 214 valence electrons. The number of carbonyl (C=O) groups excluding carboxylic acids is 3. The van der Waals surface area contributed by atoms with Gasteiger partial charge >= 0.3 is 0 Å². The largest absolute Gasteiger partial charge is 0.497 e. The van der Waals surface area contributed by atoms with E-state index in [-0.39, 0.29) is 17.3 Å². The van der Waals surface area contributed by atoms with E-state index in [2.05, 4.69) is 0 Å². The van der Waals surface area contributed by atoms with Crippen molar-refractivity contribution in [1.29, 1.82) is 0 Å². The van der Waals surface area contributed by atoms with Crippen LogP contribution in [0, 0.1) is 5.41 Å². The molecule has 8 heteroatoms. The SMILES string of the molecule is COc1ccc(C(=O)[C@@H]2[C@@H](c3cccc(OC)c3OC)C3(C(=O)c4ccccc4C3=O)C3c4ccccc4C=NN32)cc1. The van der Waals surface area contributed by atoms with Crippen LogP contribution in [0.5, 0.6) is 17.2 Å². The maximum Gasteiger partial charge on any atom is 0.187 e. The first kappa shape index (κ1) is 26.6. The maximum atomic E-state index is 14.9. The molecule has 2 aliphatic heterocycles. The molecule has 0 saturated carbocycles. The standard InChI is InChI=1S/C35H28N2O6/c1-41-22-17-15-20(16-18-22)30(38)29-28(26-13-8-14-27(42-2)31(26)43-3)35(33(39)24-11-6-7-12-25(24)34(35)40)32-23-10-5-4-9-21(23)19-36-37(29)32/h4-19,28-29,32H,1-3H3/t28-,29+,32?/m1/s1. The van der Waals surface area contributed by atoms with E-state index < -0.39 is 23.4 Å². The molecule has 1 spiro atoms. The monoisotopic (exact) mass is 572 g/mol. The van der Waals surface area contributed by atoms with Crippen LogP contribution in [0.1, 0.15) is 59.7 Å². The normalized spacial score (nSPS) is 20.9. The summed E-state index contributed by atoms with van der Waals surface area (Å²) < 4.78 is 16.9. The van der Waals surface area contributed by atoms with Crippen molar-refractivity contribution in [1.82, 2.24) is 5.01 Å². The van der Waals surface area contributed by atoms with Gasteiger partial charge in [-0.3, -0.25) is 19.4 Å². The van der Waals surface area contributed by atoms with Crippen molar-refractivity contribution in [2.45, 2.75) is 18.0 Å². The molecular formula is C35H28N2O6. The lowest BCUT2D eigenvalue weighted by Crippen LogP contribution is -2.44. The summed E-state index contributed by atoms with van der Waals surface area (Å²) in [5, 5.41) is 6.47. The van der Waals surface area contributed by atoms with Gasteiger partial charge in [0.05, 0.1) is 33.6 Å². The van der Waals surface area contributed by atoms with E-state index in [9.17, 15) is 14.4 Å². The molecule has 4 aromatic carbocycles. The van der Waals surface area contributed by atoms with E-state index in [4.69, 9.17) is 19.3 Å². The van der Waals surface area contributed by atoms with Crippen molar-refractivity contribution in [2.75, 3.05) is 21.3 Å². The third-order valence-electron chi connectivity index (χ3n) is 8.99. The van der Waals surface area contributed by atoms with Crippen LogP contribution in [0.2, 0.25) is 0 Å². The Morgan fingerprint density at radius 3 is 2.05 bits per heavy atom. The summed E-state index contributed by atoms with van der Waals surface area (Å²) in [4.78, 5) is 44.6. The lowest BCUT2D eigenvalue weighted by molar-refractivity contribution is 0.0585. The van der Waals surface area contributed by atoms with Crippen LogP contribution < -0.4 is 14.2 Å². The second-order valence-electron chi connectivity index (χ2n) is 10.8. The third kappa shape index (κ3) is 3.56. The average Bonchev–Trinajstić information content (AvgIpc) is 3.49. The van der Waals surface area contributed by atoms with Gasteiger partial charge in [-0.05, 0) is 41.5 Å². The molecule has 43 heavy (non-hydrogen) atoms. The minimum absolute atomic E-state index is 0.285. The van der Waals surface area contributed by atoms with Gasteiger partial charge in [-0.15, -0.1) is 0 Å². The summed E-state index contributed by atoms with van der Waals surface area (Å²) in [6.45, 7) is 0. The number of methoxy groups -OCH3 is 3. The topological polar surface area (TPSA) is 94.5 Å². The average molecular weight is 573 g/mol. The number of carbonyl (C=O) groups is 3. The van der Waals surface area contributed by atoms with Gasteiger partial charge in [-0.1, -0.05) is 60.7 Å². The van der Waals surface area contributed by atoms with Crippen LogP contribution in [0.25, 0.3) is 0 Å². The fourth-order valence-electron chi connectivity index (χ4n) is 7.20. The molecular weight excluding hydrogens is 544 g/mol. The highest BCUT2D eigenvalue weighted by Gasteiger charge is 2.73. The molecule has 0 bridgehead atoms. The molecule has 1 fully saturated rings. The molecule has 7 rings (SSSR count). The highest BCUT2D eigenvalue weighted by atomic mass is 16.5. The molecule has 4 aromatic rings. The second kappa shape index (κ2) is 9.94. The zero-order chi connectivity index (χ0) is 29.9. The number of rotatable bonds is 6. The Labute approximate surface area is 248 Å². The second-order valence-corrected chi connectivity index (χ2v) is 10.8. The van der Waals surface area contributed by atoms with Gasteiger partial charge in [-0.2, -0.15) is 5.10 Å². The van der Waals surface area contributed by atoms with Crippen LogP contribution in [0.3, 0.4) is 0 Å². The first-order valence-electron chi connectivity index (χ1n) is 14.0. The fraction of sp³-hybridized carbons (Fsp3) is 0.200. The summed E-state index contributed by atoms with van der Waals surface area (Å²) >= 11 is 0. The number of nitrogens with zero attached hydrogens (tertiary/aromatic N) is 2. The van der Waals surface area contributed by atoms with E-state index in [1.54, 1.807) is 85.1 Å².